The highest BCUT2D eigenvalue weighted by molar-refractivity contribution is 5.91. The zero-order valence-electron chi connectivity index (χ0n) is 44.6. The lowest BCUT2D eigenvalue weighted by atomic mass is 9.82. The second kappa shape index (κ2) is 15.9. The van der Waals surface area contributed by atoms with Gasteiger partial charge >= 0.3 is 0 Å². The van der Waals surface area contributed by atoms with Crippen molar-refractivity contribution in [3.63, 3.8) is 0 Å². The first kappa shape index (κ1) is 45.4. The van der Waals surface area contributed by atoms with Crippen LogP contribution in [0.3, 0.4) is 0 Å². The van der Waals surface area contributed by atoms with Crippen LogP contribution in [-0.2, 0) is 21.7 Å². The van der Waals surface area contributed by atoms with Crippen molar-refractivity contribution in [1.82, 2.24) is 0 Å². The lowest BCUT2D eigenvalue weighted by Crippen LogP contribution is -2.18. The maximum atomic E-state index is 2.49. The Morgan fingerprint density at radius 1 is 0.227 bits per heavy atom. The number of fused-ring (bicyclic) bond motifs is 12. The fourth-order valence-electron chi connectivity index (χ4n) is 14.1. The van der Waals surface area contributed by atoms with Crippen LogP contribution in [0.4, 0.5) is 34.1 Å². The van der Waals surface area contributed by atoms with Crippen molar-refractivity contribution in [2.24, 2.45) is 0 Å². The van der Waals surface area contributed by atoms with E-state index in [0.29, 0.717) is 0 Å². The highest BCUT2D eigenvalue weighted by Gasteiger charge is 2.40. The molecule has 0 atom stereocenters. The largest absolute Gasteiger partial charge is 0.310 e. The Balaban J connectivity index is 0.864. The van der Waals surface area contributed by atoms with Gasteiger partial charge in [-0.25, -0.2) is 0 Å². The summed E-state index contributed by atoms with van der Waals surface area (Å²) in [6.45, 7) is 21.3. The third kappa shape index (κ3) is 6.51. The molecule has 4 aliphatic carbocycles. The van der Waals surface area contributed by atoms with Crippen LogP contribution in [-0.4, -0.2) is 0 Å². The third-order valence-corrected chi connectivity index (χ3v) is 18.2. The van der Waals surface area contributed by atoms with E-state index in [1.165, 1.54) is 106 Å². The molecular weight excluding hydrogens is 905 g/mol. The van der Waals surface area contributed by atoms with Crippen LogP contribution in [0, 0.1) is 6.92 Å². The molecule has 4 aliphatic rings. The minimum Gasteiger partial charge on any atom is -0.310 e. The zero-order valence-corrected chi connectivity index (χ0v) is 44.6. The molecule has 0 saturated heterocycles. The number of rotatable bonds is 7. The Labute approximate surface area is 443 Å². The lowest BCUT2D eigenvalue weighted by Gasteiger charge is -2.30. The molecule has 0 aromatic heterocycles. The topological polar surface area (TPSA) is 6.48 Å². The number of hydrogen-bond donors (Lipinski definition) is 0. The van der Waals surface area contributed by atoms with Crippen LogP contribution in [0.2, 0.25) is 0 Å². The number of hydrogen-bond acceptors (Lipinski definition) is 2. The summed E-state index contributed by atoms with van der Waals surface area (Å²) in [6.07, 6.45) is 0. The lowest BCUT2D eigenvalue weighted by molar-refractivity contribution is 0.659. The summed E-state index contributed by atoms with van der Waals surface area (Å²) in [6, 6.07) is 80.7. The SMILES string of the molecule is Cc1cc(N(c2ccc3c(c2)C(C)(C)c2ccccc2-3)c2ccc3c(c2)C(C)(C)c2ccccc2-3)ccc1-c1ccc(N(c2ccc3c(c2)C(C)(C)c2ccccc2-3)c2ccc3c(c2)C(C)(C)c2ccccc2-3)cc1. The Morgan fingerprint density at radius 3 is 0.773 bits per heavy atom. The van der Waals surface area contributed by atoms with E-state index in [1.807, 2.05) is 0 Å². The molecule has 10 aromatic carbocycles. The smallest absolute Gasteiger partial charge is 0.0465 e. The fraction of sp³-hybridized carbons (Fsp3) is 0.178. The molecule has 0 unspecified atom stereocenters. The molecule has 0 radical (unpaired) electrons. The first-order valence-electron chi connectivity index (χ1n) is 26.9. The molecule has 0 saturated carbocycles. The van der Waals surface area contributed by atoms with Gasteiger partial charge < -0.3 is 9.80 Å². The normalized spacial score (nSPS) is 15.7. The predicted octanol–water partition coefficient (Wildman–Crippen LogP) is 19.8. The summed E-state index contributed by atoms with van der Waals surface area (Å²) < 4.78 is 0. The molecule has 0 spiro atoms. The molecular formula is C73H62N2. The number of nitrogens with zero attached hydrogens (tertiary/aromatic N) is 2. The zero-order chi connectivity index (χ0) is 51.3. The summed E-state index contributed by atoms with van der Waals surface area (Å²) in [5, 5.41) is 0. The number of anilines is 6. The van der Waals surface area contributed by atoms with Crippen molar-refractivity contribution in [3.8, 4) is 55.6 Å². The molecule has 0 amide bonds. The maximum Gasteiger partial charge on any atom is 0.0465 e. The Kier molecular flexibility index (Phi) is 9.63. The molecule has 0 N–H and O–H groups in total. The van der Waals surface area contributed by atoms with Crippen LogP contribution in [0.1, 0.15) is 105 Å². The van der Waals surface area contributed by atoms with Gasteiger partial charge in [0.25, 0.3) is 0 Å². The summed E-state index contributed by atoms with van der Waals surface area (Å²) in [5.74, 6) is 0. The highest BCUT2D eigenvalue weighted by atomic mass is 15.1. The number of aryl methyl sites for hydroxylation is 1. The first-order valence-corrected chi connectivity index (χ1v) is 26.9. The van der Waals surface area contributed by atoms with Crippen molar-refractivity contribution >= 4 is 34.1 Å². The van der Waals surface area contributed by atoms with Crippen LogP contribution in [0.15, 0.2) is 212 Å². The molecule has 0 bridgehead atoms. The van der Waals surface area contributed by atoms with E-state index in [4.69, 9.17) is 0 Å². The molecule has 14 rings (SSSR count). The molecule has 0 fully saturated rings. The van der Waals surface area contributed by atoms with E-state index in [9.17, 15) is 0 Å². The van der Waals surface area contributed by atoms with Crippen LogP contribution in [0.5, 0.6) is 0 Å². The van der Waals surface area contributed by atoms with Gasteiger partial charge in [-0.3, -0.25) is 0 Å². The van der Waals surface area contributed by atoms with Gasteiger partial charge in [0.1, 0.15) is 0 Å². The highest BCUT2D eigenvalue weighted by Crippen LogP contribution is 2.56. The molecule has 0 aliphatic heterocycles. The molecule has 10 aromatic rings. The minimum atomic E-state index is -0.122. The van der Waals surface area contributed by atoms with Gasteiger partial charge in [0.2, 0.25) is 0 Å². The fourth-order valence-corrected chi connectivity index (χ4v) is 14.1. The molecule has 2 heteroatoms. The van der Waals surface area contributed by atoms with Crippen molar-refractivity contribution in [1.29, 1.82) is 0 Å². The van der Waals surface area contributed by atoms with E-state index in [1.54, 1.807) is 0 Å². The van der Waals surface area contributed by atoms with Crippen LogP contribution in [0.25, 0.3) is 55.6 Å². The van der Waals surface area contributed by atoms with Gasteiger partial charge in [0.05, 0.1) is 0 Å². The molecule has 75 heavy (non-hydrogen) atoms. The second-order valence-corrected chi connectivity index (χ2v) is 23.8. The average Bonchev–Trinajstić information content (AvgIpc) is 3.99. The van der Waals surface area contributed by atoms with E-state index >= 15 is 0 Å². The van der Waals surface area contributed by atoms with E-state index in [-0.39, 0.29) is 21.7 Å². The molecule has 364 valence electrons. The molecule has 0 heterocycles. The Bertz CT molecular complexity index is 3820. The average molecular weight is 967 g/mol. The van der Waals surface area contributed by atoms with Gasteiger partial charge in [-0.1, -0.05) is 195 Å². The van der Waals surface area contributed by atoms with Gasteiger partial charge in [-0.05, 0) is 185 Å². The van der Waals surface area contributed by atoms with Gasteiger partial charge in [-0.2, -0.15) is 0 Å². The predicted molar refractivity (Wildman–Crippen MR) is 316 cm³/mol. The van der Waals surface area contributed by atoms with Gasteiger partial charge in [0.15, 0.2) is 0 Å². The minimum absolute atomic E-state index is 0.121. The van der Waals surface area contributed by atoms with Crippen LogP contribution < -0.4 is 9.80 Å². The summed E-state index contributed by atoms with van der Waals surface area (Å²) in [4.78, 5) is 4.96. The quantitative estimate of drug-likeness (QED) is 0.157. The maximum absolute atomic E-state index is 2.49. The first-order chi connectivity index (χ1) is 36.1. The monoisotopic (exact) mass is 966 g/mol. The van der Waals surface area contributed by atoms with E-state index < -0.39 is 0 Å². The van der Waals surface area contributed by atoms with Crippen molar-refractivity contribution in [3.05, 3.63) is 262 Å². The van der Waals surface area contributed by atoms with Gasteiger partial charge in [0, 0.05) is 55.8 Å². The third-order valence-electron chi connectivity index (χ3n) is 18.2. The molecule has 2 nitrogen and oxygen atoms in total. The standard InChI is InChI=1S/C73H62N2/c1-45-40-48(75(51-33-38-60-56-20-12-16-24-64(56)72(6,7)68(60)43-51)52-34-39-61-57-21-13-17-25-65(57)73(8,9)69(61)44-52)30-35-53(45)46-26-28-47(29-27-46)74(49-31-36-58-54-18-10-14-22-62(54)70(2,3)66(58)41-49)50-32-37-59-55-19-11-15-23-63(55)71(4,5)67(59)42-50/h10-44H,1-9H3. The van der Waals surface area contributed by atoms with E-state index in [2.05, 4.69) is 284 Å². The van der Waals surface area contributed by atoms with E-state index in [0.717, 1.165) is 34.1 Å². The summed E-state index contributed by atoms with van der Waals surface area (Å²) in [5.41, 5.74) is 31.8. The van der Waals surface area contributed by atoms with Crippen molar-refractivity contribution < 1.29 is 0 Å². The van der Waals surface area contributed by atoms with Crippen molar-refractivity contribution in [2.45, 2.75) is 84.0 Å². The second-order valence-electron chi connectivity index (χ2n) is 23.8. The Hall–Kier alpha value is -8.20. The van der Waals surface area contributed by atoms with Crippen molar-refractivity contribution in [2.75, 3.05) is 9.80 Å². The van der Waals surface area contributed by atoms with Gasteiger partial charge in [-0.15, -0.1) is 0 Å². The van der Waals surface area contributed by atoms with Crippen LogP contribution >= 0.6 is 0 Å². The number of benzene rings is 10. The Morgan fingerprint density at radius 2 is 0.467 bits per heavy atom. The summed E-state index contributed by atoms with van der Waals surface area (Å²) >= 11 is 0. The summed E-state index contributed by atoms with van der Waals surface area (Å²) in [7, 11) is 0.